The number of amides is 1. The van der Waals surface area contributed by atoms with E-state index in [2.05, 4.69) is 26.1 Å². The summed E-state index contributed by atoms with van der Waals surface area (Å²) in [5.41, 5.74) is 1.23. The van der Waals surface area contributed by atoms with Crippen LogP contribution in [0.1, 0.15) is 45.6 Å². The molecule has 2 saturated carbocycles. The molecule has 3 aliphatic rings. The molecule has 0 unspecified atom stereocenters. The number of ether oxygens (including phenoxy) is 1. The highest BCUT2D eigenvalue weighted by Crippen LogP contribution is 2.66. The lowest BCUT2D eigenvalue weighted by Gasteiger charge is -2.41. The number of sulfonamides is 1. The number of fused-ring (bicyclic) bond motifs is 2. The van der Waals surface area contributed by atoms with Gasteiger partial charge in [0, 0.05) is 24.7 Å². The summed E-state index contributed by atoms with van der Waals surface area (Å²) in [4.78, 5) is 13.5. The quantitative estimate of drug-likeness (QED) is 0.810. The molecule has 1 amide bonds. The van der Waals surface area contributed by atoms with Crippen LogP contribution < -0.4 is 5.32 Å². The van der Waals surface area contributed by atoms with Crippen molar-refractivity contribution >= 4 is 21.6 Å². The Morgan fingerprint density at radius 3 is 2.52 bits per heavy atom. The average molecular weight is 421 g/mol. The monoisotopic (exact) mass is 420 g/mol. The second kappa shape index (κ2) is 7.06. The molecule has 0 radical (unpaired) electrons. The summed E-state index contributed by atoms with van der Waals surface area (Å²) in [5, 5.41) is 3.05. The van der Waals surface area contributed by atoms with E-state index in [0.717, 1.165) is 12.8 Å². The van der Waals surface area contributed by atoms with E-state index in [-0.39, 0.29) is 27.6 Å². The van der Waals surface area contributed by atoms with Gasteiger partial charge in [-0.25, -0.2) is 8.42 Å². The maximum atomic E-state index is 13.3. The summed E-state index contributed by atoms with van der Waals surface area (Å²) in [7, 11) is -3.61. The first-order chi connectivity index (χ1) is 13.6. The van der Waals surface area contributed by atoms with E-state index >= 15 is 0 Å². The third-order valence-electron chi connectivity index (χ3n) is 7.58. The van der Waals surface area contributed by atoms with Gasteiger partial charge in [0.05, 0.1) is 18.1 Å². The van der Waals surface area contributed by atoms with E-state index in [1.165, 1.54) is 10.7 Å². The van der Waals surface area contributed by atoms with E-state index in [1.807, 2.05) is 0 Å². The highest BCUT2D eigenvalue weighted by Gasteiger charge is 2.61. The smallest absolute Gasteiger partial charge is 0.243 e. The minimum Gasteiger partial charge on any atom is -0.379 e. The van der Waals surface area contributed by atoms with Crippen molar-refractivity contribution in [1.29, 1.82) is 0 Å². The van der Waals surface area contributed by atoms with Crippen LogP contribution in [-0.4, -0.2) is 44.9 Å². The summed E-state index contributed by atoms with van der Waals surface area (Å²) in [6.45, 7) is 9.96. The molecule has 1 N–H and O–H groups in total. The number of morpholine rings is 1. The second-order valence-corrected chi connectivity index (χ2v) is 11.7. The minimum atomic E-state index is -3.61. The van der Waals surface area contributed by atoms with Crippen LogP contribution in [0.2, 0.25) is 0 Å². The molecule has 2 aliphatic carbocycles. The maximum absolute atomic E-state index is 13.3. The van der Waals surface area contributed by atoms with Crippen LogP contribution in [0.3, 0.4) is 0 Å². The number of benzene rings is 1. The van der Waals surface area contributed by atoms with Crippen molar-refractivity contribution in [3.05, 3.63) is 23.8 Å². The Balaban J connectivity index is 1.59. The Kier molecular flexibility index (Phi) is 5.07. The molecule has 1 aliphatic heterocycles. The zero-order valence-corrected chi connectivity index (χ0v) is 18.6. The lowest BCUT2D eigenvalue weighted by Crippen LogP contribution is -2.43. The van der Waals surface area contributed by atoms with Crippen molar-refractivity contribution in [2.45, 2.75) is 51.9 Å². The number of nitrogens with zero attached hydrogens (tertiary/aromatic N) is 1. The third kappa shape index (κ3) is 3.41. The number of hydrogen-bond acceptors (Lipinski definition) is 4. The molecule has 2 bridgehead atoms. The summed E-state index contributed by atoms with van der Waals surface area (Å²) < 4.78 is 33.0. The van der Waals surface area contributed by atoms with Crippen LogP contribution in [0.25, 0.3) is 0 Å². The van der Waals surface area contributed by atoms with Crippen LogP contribution in [0, 0.1) is 29.6 Å². The van der Waals surface area contributed by atoms with Gasteiger partial charge in [0.25, 0.3) is 0 Å². The van der Waals surface area contributed by atoms with Crippen molar-refractivity contribution < 1.29 is 17.9 Å². The zero-order valence-electron chi connectivity index (χ0n) is 17.8. The van der Waals surface area contributed by atoms with E-state index < -0.39 is 10.0 Å². The Labute approximate surface area is 174 Å². The minimum absolute atomic E-state index is 0.0123. The topological polar surface area (TPSA) is 75.7 Å². The Bertz CT molecular complexity index is 916. The SMILES string of the molecule is Cc1ccc(NC(=O)[C@H]2C(C)(C)[C@@H]3CC[C@@]2(C)C3)cc1S(=O)(=O)N1CCOCC1. The highest BCUT2D eigenvalue weighted by atomic mass is 32.2. The number of nitrogens with one attached hydrogen (secondary N) is 1. The summed E-state index contributed by atoms with van der Waals surface area (Å²) in [6, 6.07) is 5.19. The maximum Gasteiger partial charge on any atom is 0.243 e. The van der Waals surface area contributed by atoms with Gasteiger partial charge in [-0.1, -0.05) is 26.8 Å². The molecule has 4 rings (SSSR count). The summed E-state index contributed by atoms with van der Waals surface area (Å²) in [5.74, 6) is 0.533. The molecular formula is C22H32N2O4S. The first kappa shape index (κ1) is 20.8. The molecule has 160 valence electrons. The number of hydrogen-bond donors (Lipinski definition) is 1. The molecule has 3 atom stereocenters. The van der Waals surface area contributed by atoms with Crippen LogP contribution in [-0.2, 0) is 19.6 Å². The predicted octanol–water partition coefficient (Wildman–Crippen LogP) is 3.42. The number of aryl methyl sites for hydroxylation is 1. The van der Waals surface area contributed by atoms with Gasteiger partial charge < -0.3 is 10.1 Å². The number of anilines is 1. The highest BCUT2D eigenvalue weighted by molar-refractivity contribution is 7.89. The standard InChI is InChI=1S/C22H32N2O4S/c1-15-5-6-17(13-18(15)29(26,27)24-9-11-28-12-10-24)23-20(25)19-21(2,3)16-7-8-22(19,4)14-16/h5-6,13,16,19H,7-12,14H2,1-4H3,(H,23,25)/t16-,19+,22+/m1/s1. The first-order valence-electron chi connectivity index (χ1n) is 10.6. The molecule has 0 spiro atoms. The van der Waals surface area contributed by atoms with E-state index in [4.69, 9.17) is 4.74 Å². The summed E-state index contributed by atoms with van der Waals surface area (Å²) in [6.07, 6.45) is 3.38. The molecule has 1 heterocycles. The fraction of sp³-hybridized carbons (Fsp3) is 0.682. The number of carbonyl (C=O) groups excluding carboxylic acids is 1. The zero-order chi connectivity index (χ0) is 21.0. The lowest BCUT2D eigenvalue weighted by atomic mass is 9.63. The lowest BCUT2D eigenvalue weighted by molar-refractivity contribution is -0.128. The van der Waals surface area contributed by atoms with Gasteiger partial charge in [-0.15, -0.1) is 0 Å². The first-order valence-corrected chi connectivity index (χ1v) is 12.0. The van der Waals surface area contributed by atoms with Crippen molar-refractivity contribution in [3.8, 4) is 0 Å². The Hall–Kier alpha value is -1.44. The van der Waals surface area contributed by atoms with Crippen LogP contribution in [0.4, 0.5) is 5.69 Å². The normalized spacial score (nSPS) is 31.7. The predicted molar refractivity (Wildman–Crippen MR) is 112 cm³/mol. The Morgan fingerprint density at radius 2 is 1.90 bits per heavy atom. The van der Waals surface area contributed by atoms with Crippen LogP contribution in [0.5, 0.6) is 0 Å². The van der Waals surface area contributed by atoms with Gasteiger partial charge >= 0.3 is 0 Å². The molecule has 7 heteroatoms. The van der Waals surface area contributed by atoms with Crippen LogP contribution in [0.15, 0.2) is 23.1 Å². The molecular weight excluding hydrogens is 388 g/mol. The number of carbonyl (C=O) groups is 1. The molecule has 6 nitrogen and oxygen atoms in total. The van der Waals surface area contributed by atoms with Crippen molar-refractivity contribution in [1.82, 2.24) is 4.31 Å². The molecule has 1 saturated heterocycles. The average Bonchev–Trinajstić information content (AvgIpc) is 3.15. The van der Waals surface area contributed by atoms with Gasteiger partial charge in [0.1, 0.15) is 0 Å². The largest absolute Gasteiger partial charge is 0.379 e. The Morgan fingerprint density at radius 1 is 1.21 bits per heavy atom. The fourth-order valence-corrected chi connectivity index (χ4v) is 7.71. The van der Waals surface area contributed by atoms with Crippen LogP contribution >= 0.6 is 0 Å². The molecule has 29 heavy (non-hydrogen) atoms. The van der Waals surface area contributed by atoms with Gasteiger partial charge in [0.15, 0.2) is 0 Å². The number of rotatable bonds is 4. The van der Waals surface area contributed by atoms with E-state index in [0.29, 0.717) is 43.5 Å². The molecule has 3 fully saturated rings. The summed E-state index contributed by atoms with van der Waals surface area (Å²) >= 11 is 0. The van der Waals surface area contributed by atoms with Gasteiger partial charge in [-0.05, 0) is 60.6 Å². The second-order valence-electron chi connectivity index (χ2n) is 9.83. The molecule has 1 aromatic carbocycles. The van der Waals surface area contributed by atoms with Gasteiger partial charge in [-0.2, -0.15) is 4.31 Å². The third-order valence-corrected chi connectivity index (χ3v) is 9.62. The molecule has 1 aromatic rings. The van der Waals surface area contributed by atoms with E-state index in [1.54, 1.807) is 25.1 Å². The van der Waals surface area contributed by atoms with Crippen molar-refractivity contribution in [3.63, 3.8) is 0 Å². The van der Waals surface area contributed by atoms with Crippen molar-refractivity contribution in [2.24, 2.45) is 22.7 Å². The molecule has 0 aromatic heterocycles. The van der Waals surface area contributed by atoms with E-state index in [9.17, 15) is 13.2 Å². The van der Waals surface area contributed by atoms with Crippen molar-refractivity contribution in [2.75, 3.05) is 31.6 Å². The fourth-order valence-electron chi connectivity index (χ4n) is 6.05. The van der Waals surface area contributed by atoms with Gasteiger partial charge in [-0.3, -0.25) is 4.79 Å². The van der Waals surface area contributed by atoms with Gasteiger partial charge in [0.2, 0.25) is 15.9 Å².